The van der Waals surface area contributed by atoms with Crippen molar-refractivity contribution in [3.8, 4) is 11.5 Å². The third kappa shape index (κ3) is 2.56. The number of nitrogens with zero attached hydrogens (tertiary/aromatic N) is 1. The van der Waals surface area contributed by atoms with Crippen LogP contribution >= 0.6 is 0 Å². The van der Waals surface area contributed by atoms with Gasteiger partial charge in [0.1, 0.15) is 5.75 Å². The Bertz CT molecular complexity index is 550. The fourth-order valence-electron chi connectivity index (χ4n) is 1.69. The molecular formula is C15H18N2O. The van der Waals surface area contributed by atoms with E-state index in [2.05, 4.69) is 0 Å². The Morgan fingerprint density at radius 1 is 1.06 bits per heavy atom. The number of hydrogen-bond donors (Lipinski definition) is 1. The molecule has 0 bridgehead atoms. The van der Waals surface area contributed by atoms with E-state index < -0.39 is 0 Å². The van der Waals surface area contributed by atoms with E-state index in [-0.39, 0.29) is 0 Å². The van der Waals surface area contributed by atoms with Crippen LogP contribution in [0.4, 0.5) is 11.4 Å². The summed E-state index contributed by atoms with van der Waals surface area (Å²) in [5, 5.41) is 0. The molecular weight excluding hydrogens is 224 g/mol. The summed E-state index contributed by atoms with van der Waals surface area (Å²) in [6, 6.07) is 13.7. The Kier molecular flexibility index (Phi) is 3.42. The zero-order chi connectivity index (χ0) is 13.1. The van der Waals surface area contributed by atoms with Crippen molar-refractivity contribution >= 4 is 11.4 Å². The van der Waals surface area contributed by atoms with E-state index in [0.717, 1.165) is 17.0 Å². The molecule has 0 saturated heterocycles. The van der Waals surface area contributed by atoms with E-state index in [0.29, 0.717) is 11.4 Å². The Balaban J connectivity index is 2.28. The molecule has 0 radical (unpaired) electrons. The molecule has 0 fully saturated rings. The quantitative estimate of drug-likeness (QED) is 0.838. The number of benzene rings is 2. The second-order valence-corrected chi connectivity index (χ2v) is 4.48. The molecule has 0 amide bonds. The maximum absolute atomic E-state index is 5.99. The van der Waals surface area contributed by atoms with E-state index in [1.165, 1.54) is 0 Å². The standard InChI is InChI=1S/C15H18N2O/c1-11-6-4-9-14(15(11)16)18-13-8-5-7-12(10-13)17(2)3/h4-10H,16H2,1-3H3. The van der Waals surface area contributed by atoms with Gasteiger partial charge in [-0.3, -0.25) is 0 Å². The highest BCUT2D eigenvalue weighted by molar-refractivity contribution is 5.59. The zero-order valence-corrected chi connectivity index (χ0v) is 11.0. The van der Waals surface area contributed by atoms with E-state index >= 15 is 0 Å². The van der Waals surface area contributed by atoms with Gasteiger partial charge < -0.3 is 15.4 Å². The number of hydrogen-bond acceptors (Lipinski definition) is 3. The number of aryl methyl sites for hydroxylation is 1. The molecule has 18 heavy (non-hydrogen) atoms. The molecule has 0 atom stereocenters. The number of ether oxygens (including phenoxy) is 1. The van der Waals surface area contributed by atoms with Gasteiger partial charge in [0.25, 0.3) is 0 Å². The van der Waals surface area contributed by atoms with Gasteiger partial charge >= 0.3 is 0 Å². The SMILES string of the molecule is Cc1cccc(Oc2cccc(N(C)C)c2)c1N. The molecule has 2 aromatic rings. The van der Waals surface area contributed by atoms with Crippen LogP contribution in [-0.4, -0.2) is 14.1 Å². The Hall–Kier alpha value is -2.16. The Morgan fingerprint density at radius 3 is 2.50 bits per heavy atom. The third-order valence-electron chi connectivity index (χ3n) is 2.85. The van der Waals surface area contributed by atoms with Gasteiger partial charge in [-0.1, -0.05) is 18.2 Å². The van der Waals surface area contributed by atoms with Gasteiger partial charge in [-0.2, -0.15) is 0 Å². The molecule has 2 aromatic carbocycles. The lowest BCUT2D eigenvalue weighted by molar-refractivity contribution is 0.485. The van der Waals surface area contributed by atoms with Crippen molar-refractivity contribution in [2.24, 2.45) is 0 Å². The zero-order valence-electron chi connectivity index (χ0n) is 11.0. The summed E-state index contributed by atoms with van der Waals surface area (Å²) in [5.41, 5.74) is 8.80. The average Bonchev–Trinajstić information content (AvgIpc) is 2.35. The molecule has 94 valence electrons. The van der Waals surface area contributed by atoms with Crippen molar-refractivity contribution in [2.75, 3.05) is 24.7 Å². The minimum absolute atomic E-state index is 0.688. The monoisotopic (exact) mass is 242 g/mol. The van der Waals surface area contributed by atoms with Gasteiger partial charge in [0.05, 0.1) is 5.69 Å². The summed E-state index contributed by atoms with van der Waals surface area (Å²) in [6.45, 7) is 1.97. The first-order chi connectivity index (χ1) is 8.58. The van der Waals surface area contributed by atoms with E-state index in [1.807, 2.05) is 68.4 Å². The van der Waals surface area contributed by atoms with Crippen molar-refractivity contribution in [3.05, 3.63) is 48.0 Å². The largest absolute Gasteiger partial charge is 0.455 e. The summed E-state index contributed by atoms with van der Waals surface area (Å²) < 4.78 is 5.83. The van der Waals surface area contributed by atoms with Crippen LogP contribution < -0.4 is 15.4 Å². The lowest BCUT2D eigenvalue weighted by Crippen LogP contribution is -2.08. The van der Waals surface area contributed by atoms with E-state index in [4.69, 9.17) is 10.5 Å². The normalized spacial score (nSPS) is 10.2. The number of anilines is 2. The van der Waals surface area contributed by atoms with Crippen molar-refractivity contribution < 1.29 is 4.74 Å². The number of rotatable bonds is 3. The van der Waals surface area contributed by atoms with Gasteiger partial charge in [0, 0.05) is 25.8 Å². The molecule has 0 aliphatic rings. The van der Waals surface area contributed by atoms with Crippen LogP contribution in [0.25, 0.3) is 0 Å². The second kappa shape index (κ2) is 5.00. The highest BCUT2D eigenvalue weighted by Gasteiger charge is 2.05. The molecule has 0 heterocycles. The maximum Gasteiger partial charge on any atom is 0.150 e. The number of nitrogens with two attached hydrogens (primary N) is 1. The van der Waals surface area contributed by atoms with Gasteiger partial charge in [-0.25, -0.2) is 0 Å². The predicted molar refractivity (Wildman–Crippen MR) is 76.4 cm³/mol. The first kappa shape index (κ1) is 12.3. The van der Waals surface area contributed by atoms with E-state index in [1.54, 1.807) is 0 Å². The molecule has 0 saturated carbocycles. The van der Waals surface area contributed by atoms with E-state index in [9.17, 15) is 0 Å². The predicted octanol–water partition coefficient (Wildman–Crippen LogP) is 3.44. The summed E-state index contributed by atoms with van der Waals surface area (Å²) in [7, 11) is 4.00. The summed E-state index contributed by atoms with van der Waals surface area (Å²) in [5.74, 6) is 1.49. The van der Waals surface area contributed by atoms with Crippen LogP contribution in [0.5, 0.6) is 11.5 Å². The Labute approximate surface area is 108 Å². The molecule has 0 aromatic heterocycles. The minimum atomic E-state index is 0.688. The minimum Gasteiger partial charge on any atom is -0.455 e. The maximum atomic E-state index is 5.99. The second-order valence-electron chi connectivity index (χ2n) is 4.48. The molecule has 2 rings (SSSR count). The molecule has 0 unspecified atom stereocenters. The summed E-state index contributed by atoms with van der Waals surface area (Å²) >= 11 is 0. The van der Waals surface area contributed by atoms with Crippen LogP contribution in [0.15, 0.2) is 42.5 Å². The Morgan fingerprint density at radius 2 is 1.78 bits per heavy atom. The smallest absolute Gasteiger partial charge is 0.150 e. The lowest BCUT2D eigenvalue weighted by Gasteiger charge is -2.15. The first-order valence-electron chi connectivity index (χ1n) is 5.88. The van der Waals surface area contributed by atoms with Crippen LogP contribution in [-0.2, 0) is 0 Å². The van der Waals surface area contributed by atoms with Crippen LogP contribution in [0, 0.1) is 6.92 Å². The number of nitrogen functional groups attached to an aromatic ring is 1. The third-order valence-corrected chi connectivity index (χ3v) is 2.85. The van der Waals surface area contributed by atoms with Crippen molar-refractivity contribution in [1.82, 2.24) is 0 Å². The molecule has 0 aliphatic carbocycles. The van der Waals surface area contributed by atoms with Crippen molar-refractivity contribution in [1.29, 1.82) is 0 Å². The summed E-state index contributed by atoms with van der Waals surface area (Å²) in [4.78, 5) is 2.03. The van der Waals surface area contributed by atoms with Gasteiger partial charge in [-0.15, -0.1) is 0 Å². The highest BCUT2D eigenvalue weighted by atomic mass is 16.5. The van der Waals surface area contributed by atoms with Gasteiger partial charge in [-0.05, 0) is 30.7 Å². The molecule has 3 heteroatoms. The van der Waals surface area contributed by atoms with Crippen LogP contribution in [0.3, 0.4) is 0 Å². The molecule has 0 aliphatic heterocycles. The van der Waals surface area contributed by atoms with Crippen molar-refractivity contribution in [2.45, 2.75) is 6.92 Å². The topological polar surface area (TPSA) is 38.5 Å². The first-order valence-corrected chi connectivity index (χ1v) is 5.88. The molecule has 2 N–H and O–H groups in total. The fourth-order valence-corrected chi connectivity index (χ4v) is 1.69. The van der Waals surface area contributed by atoms with Gasteiger partial charge in [0.2, 0.25) is 0 Å². The number of para-hydroxylation sites is 1. The van der Waals surface area contributed by atoms with Crippen LogP contribution in [0.1, 0.15) is 5.56 Å². The lowest BCUT2D eigenvalue weighted by atomic mass is 10.2. The highest BCUT2D eigenvalue weighted by Crippen LogP contribution is 2.30. The fraction of sp³-hybridized carbons (Fsp3) is 0.200. The summed E-state index contributed by atoms with van der Waals surface area (Å²) in [6.07, 6.45) is 0. The van der Waals surface area contributed by atoms with Gasteiger partial charge in [0.15, 0.2) is 5.75 Å². The van der Waals surface area contributed by atoms with Crippen molar-refractivity contribution in [3.63, 3.8) is 0 Å². The average molecular weight is 242 g/mol. The molecule has 3 nitrogen and oxygen atoms in total. The molecule has 0 spiro atoms. The van der Waals surface area contributed by atoms with Crippen LogP contribution in [0.2, 0.25) is 0 Å².